The zero-order valence-electron chi connectivity index (χ0n) is 19.2. The Kier molecular flexibility index (Phi) is 7.14. The number of benzene rings is 2. The van der Waals surface area contributed by atoms with Crippen LogP contribution in [0.2, 0.25) is 0 Å². The van der Waals surface area contributed by atoms with Crippen molar-refractivity contribution in [2.45, 2.75) is 39.5 Å². The number of para-hydroxylation sites is 1. The van der Waals surface area contributed by atoms with Gasteiger partial charge in [0.25, 0.3) is 0 Å². The maximum absolute atomic E-state index is 6.11. The van der Waals surface area contributed by atoms with Gasteiger partial charge in [-0.25, -0.2) is 15.0 Å². The lowest BCUT2D eigenvalue weighted by Gasteiger charge is -2.21. The fourth-order valence-electron chi connectivity index (χ4n) is 3.43. The van der Waals surface area contributed by atoms with Gasteiger partial charge in [0.15, 0.2) is 5.82 Å². The lowest BCUT2D eigenvalue weighted by atomic mass is 10.2. The molecule has 2 aromatic carbocycles. The first-order valence-electron chi connectivity index (χ1n) is 11.1. The van der Waals surface area contributed by atoms with Gasteiger partial charge >= 0.3 is 0 Å². The van der Waals surface area contributed by atoms with Gasteiger partial charge in [-0.3, -0.25) is 5.10 Å². The third kappa shape index (κ3) is 5.85. The van der Waals surface area contributed by atoms with Gasteiger partial charge in [-0.1, -0.05) is 55.5 Å². The number of aryl methyl sites for hydroxylation is 1. The molecule has 2 aromatic heterocycles. The van der Waals surface area contributed by atoms with E-state index in [1.807, 2.05) is 63.4 Å². The number of H-pyrrole nitrogens is 1. The molecular weight excluding hydrogens is 414 g/mol. The van der Waals surface area contributed by atoms with E-state index in [2.05, 4.69) is 53.6 Å². The van der Waals surface area contributed by atoms with Crippen molar-refractivity contribution in [3.63, 3.8) is 0 Å². The summed E-state index contributed by atoms with van der Waals surface area (Å²) in [5, 5.41) is 10.6. The summed E-state index contributed by atoms with van der Waals surface area (Å²) in [6, 6.07) is 20.1. The van der Waals surface area contributed by atoms with E-state index >= 15 is 0 Å². The fourth-order valence-corrected chi connectivity index (χ4v) is 3.43. The summed E-state index contributed by atoms with van der Waals surface area (Å²) < 4.78 is 6.11. The summed E-state index contributed by atoms with van der Waals surface area (Å²) in [5.74, 6) is 3.97. The van der Waals surface area contributed by atoms with Crippen LogP contribution in [0.25, 0.3) is 0 Å². The van der Waals surface area contributed by atoms with E-state index in [1.165, 1.54) is 0 Å². The molecule has 2 heterocycles. The van der Waals surface area contributed by atoms with Crippen molar-refractivity contribution in [2.75, 3.05) is 17.3 Å². The van der Waals surface area contributed by atoms with Crippen molar-refractivity contribution in [1.29, 1.82) is 0 Å². The normalized spacial score (nSPS) is 11.7. The largest absolute Gasteiger partial charge is 0.489 e. The number of hydrogen-bond donors (Lipinski definition) is 2. The molecule has 0 saturated heterocycles. The first kappa shape index (κ1) is 22.3. The first-order chi connectivity index (χ1) is 16.1. The third-order valence-electron chi connectivity index (χ3n) is 5.30. The molecule has 2 N–H and O–H groups in total. The standard InChI is InChI=1S/C25H29N7O/c1-4-22-29-25(31-30-22)18(2)28-23-14-24(27-17-26-23)32(3)15-20-12-8-9-13-21(20)33-16-19-10-6-5-7-11-19/h5-14,17-18H,4,15-16H2,1-3H3,(H,26,27,28)(H,29,30,31). The highest BCUT2D eigenvalue weighted by Gasteiger charge is 2.14. The highest BCUT2D eigenvalue weighted by molar-refractivity contribution is 5.49. The van der Waals surface area contributed by atoms with Crippen molar-refractivity contribution in [3.8, 4) is 5.75 Å². The van der Waals surface area contributed by atoms with Crippen LogP contribution >= 0.6 is 0 Å². The van der Waals surface area contributed by atoms with Gasteiger partial charge in [-0.15, -0.1) is 0 Å². The number of nitrogens with one attached hydrogen (secondary N) is 2. The molecule has 4 rings (SSSR count). The molecule has 0 radical (unpaired) electrons. The van der Waals surface area contributed by atoms with E-state index < -0.39 is 0 Å². The molecule has 33 heavy (non-hydrogen) atoms. The van der Waals surface area contributed by atoms with Gasteiger partial charge in [-0.2, -0.15) is 5.10 Å². The minimum absolute atomic E-state index is 0.0817. The molecule has 0 bridgehead atoms. The Hall–Kier alpha value is -3.94. The maximum Gasteiger partial charge on any atom is 0.172 e. The molecule has 1 atom stereocenters. The predicted octanol–water partition coefficient (Wildman–Crippen LogP) is 4.55. The number of hydrogen-bond acceptors (Lipinski definition) is 7. The lowest BCUT2D eigenvalue weighted by Crippen LogP contribution is -2.19. The van der Waals surface area contributed by atoms with E-state index in [1.54, 1.807) is 6.33 Å². The molecule has 170 valence electrons. The van der Waals surface area contributed by atoms with E-state index in [4.69, 9.17) is 4.74 Å². The highest BCUT2D eigenvalue weighted by atomic mass is 16.5. The van der Waals surface area contributed by atoms with Crippen LogP contribution in [0.1, 0.15) is 42.7 Å². The quantitative estimate of drug-likeness (QED) is 0.372. The molecule has 0 amide bonds. The molecule has 0 aliphatic rings. The number of ether oxygens (including phenoxy) is 1. The highest BCUT2D eigenvalue weighted by Crippen LogP contribution is 2.24. The maximum atomic E-state index is 6.11. The van der Waals surface area contributed by atoms with Gasteiger partial charge in [0, 0.05) is 31.6 Å². The minimum atomic E-state index is -0.0817. The summed E-state index contributed by atoms with van der Waals surface area (Å²) >= 11 is 0. The molecule has 0 aliphatic heterocycles. The summed E-state index contributed by atoms with van der Waals surface area (Å²) in [6.07, 6.45) is 2.38. The van der Waals surface area contributed by atoms with E-state index in [0.29, 0.717) is 19.0 Å². The topological polar surface area (TPSA) is 91.8 Å². The van der Waals surface area contributed by atoms with Crippen molar-refractivity contribution in [1.82, 2.24) is 25.1 Å². The molecule has 0 saturated carbocycles. The Balaban J connectivity index is 1.42. The van der Waals surface area contributed by atoms with E-state index in [0.717, 1.165) is 40.8 Å². The van der Waals surface area contributed by atoms with E-state index in [-0.39, 0.29) is 6.04 Å². The molecule has 8 nitrogen and oxygen atoms in total. The zero-order valence-corrected chi connectivity index (χ0v) is 19.2. The molecular formula is C25H29N7O. The van der Waals surface area contributed by atoms with Gasteiger partial charge in [0.2, 0.25) is 0 Å². The SMILES string of the molecule is CCc1nc(C(C)Nc2cc(N(C)Cc3ccccc3OCc3ccccc3)ncn2)n[nH]1. The second kappa shape index (κ2) is 10.6. The number of nitrogens with zero attached hydrogens (tertiary/aromatic N) is 5. The van der Waals surface area contributed by atoms with Crippen molar-refractivity contribution < 1.29 is 4.74 Å². The smallest absolute Gasteiger partial charge is 0.172 e. The molecule has 4 aromatic rings. The second-order valence-corrected chi connectivity index (χ2v) is 7.86. The van der Waals surface area contributed by atoms with E-state index in [9.17, 15) is 0 Å². The molecule has 0 spiro atoms. The fraction of sp³-hybridized carbons (Fsp3) is 0.280. The Morgan fingerprint density at radius 2 is 1.85 bits per heavy atom. The van der Waals surface area contributed by atoms with Crippen LogP contribution < -0.4 is 15.0 Å². The number of rotatable bonds is 10. The Morgan fingerprint density at radius 1 is 1.06 bits per heavy atom. The van der Waals surface area contributed by atoms with Gasteiger partial charge < -0.3 is 15.0 Å². The van der Waals surface area contributed by atoms with Crippen LogP contribution in [0.3, 0.4) is 0 Å². The Bertz CT molecular complexity index is 1160. The van der Waals surface area contributed by atoms with Gasteiger partial charge in [-0.05, 0) is 18.6 Å². The second-order valence-electron chi connectivity index (χ2n) is 7.86. The summed E-state index contributed by atoms with van der Waals surface area (Å²) in [4.78, 5) is 15.4. The van der Waals surface area contributed by atoms with Crippen LogP contribution in [0.5, 0.6) is 5.75 Å². The van der Waals surface area contributed by atoms with Crippen LogP contribution in [0, 0.1) is 0 Å². The molecule has 8 heteroatoms. The number of aromatic nitrogens is 5. The Morgan fingerprint density at radius 3 is 2.64 bits per heavy atom. The predicted molar refractivity (Wildman–Crippen MR) is 129 cm³/mol. The number of anilines is 2. The van der Waals surface area contributed by atoms with Crippen LogP contribution in [0.4, 0.5) is 11.6 Å². The van der Waals surface area contributed by atoms with Gasteiger partial charge in [0.05, 0.1) is 6.04 Å². The van der Waals surface area contributed by atoms with Crippen molar-refractivity contribution in [2.24, 2.45) is 0 Å². The van der Waals surface area contributed by atoms with Crippen LogP contribution in [-0.2, 0) is 19.6 Å². The summed E-state index contributed by atoms with van der Waals surface area (Å²) in [7, 11) is 2.01. The average Bonchev–Trinajstić information content (AvgIpc) is 3.34. The lowest BCUT2D eigenvalue weighted by molar-refractivity contribution is 0.303. The number of aromatic amines is 1. The first-order valence-corrected chi connectivity index (χ1v) is 11.1. The third-order valence-corrected chi connectivity index (χ3v) is 5.30. The Labute approximate surface area is 194 Å². The van der Waals surface area contributed by atoms with Crippen LogP contribution in [0.15, 0.2) is 67.0 Å². The monoisotopic (exact) mass is 443 g/mol. The van der Waals surface area contributed by atoms with Crippen molar-refractivity contribution in [3.05, 3.63) is 89.8 Å². The summed E-state index contributed by atoms with van der Waals surface area (Å²) in [6.45, 7) is 5.23. The van der Waals surface area contributed by atoms with Crippen molar-refractivity contribution >= 4 is 11.6 Å². The minimum Gasteiger partial charge on any atom is -0.489 e. The van der Waals surface area contributed by atoms with Gasteiger partial charge in [0.1, 0.15) is 36.1 Å². The molecule has 0 fully saturated rings. The zero-order chi connectivity index (χ0) is 23.0. The summed E-state index contributed by atoms with van der Waals surface area (Å²) in [5.41, 5.74) is 2.23. The average molecular weight is 444 g/mol. The molecule has 0 aliphatic carbocycles. The molecule has 1 unspecified atom stereocenters. The van der Waals surface area contributed by atoms with Crippen LogP contribution in [-0.4, -0.2) is 32.2 Å².